The summed E-state index contributed by atoms with van der Waals surface area (Å²) in [5.41, 5.74) is 0.871. The Morgan fingerprint density at radius 2 is 2.00 bits per heavy atom. The van der Waals surface area contributed by atoms with E-state index in [1.165, 1.54) is 12.3 Å². The van der Waals surface area contributed by atoms with E-state index in [9.17, 15) is 13.2 Å². The number of hydrogen-bond donors (Lipinski definition) is 2. The van der Waals surface area contributed by atoms with Gasteiger partial charge in [0.15, 0.2) is 0 Å². The molecular weight excluding hydrogens is 418 g/mol. The predicted octanol–water partition coefficient (Wildman–Crippen LogP) is 0.797. The molecular formula is C21H29N5O4S. The zero-order valence-corrected chi connectivity index (χ0v) is 18.3. The van der Waals surface area contributed by atoms with Crippen LogP contribution in [0.15, 0.2) is 46.3 Å². The first kappa shape index (κ1) is 21.9. The highest BCUT2D eigenvalue weighted by Gasteiger charge is 2.30. The molecule has 0 aliphatic carbocycles. The second kappa shape index (κ2) is 9.90. The van der Waals surface area contributed by atoms with Crippen LogP contribution in [-0.2, 0) is 21.3 Å². The molecule has 9 nitrogen and oxygen atoms in total. The van der Waals surface area contributed by atoms with E-state index in [1.807, 2.05) is 0 Å². The smallest absolute Gasteiger partial charge is 0.247 e. The number of aromatic amines is 1. The van der Waals surface area contributed by atoms with Crippen LogP contribution in [0.4, 0.5) is 5.82 Å². The van der Waals surface area contributed by atoms with E-state index < -0.39 is 10.0 Å². The van der Waals surface area contributed by atoms with Crippen molar-refractivity contribution in [3.8, 4) is 0 Å². The van der Waals surface area contributed by atoms with Gasteiger partial charge in [0.2, 0.25) is 15.6 Å². The average molecular weight is 448 g/mol. The summed E-state index contributed by atoms with van der Waals surface area (Å²) in [7, 11) is -3.56. The number of H-pyrrole nitrogens is 1. The number of anilines is 1. The van der Waals surface area contributed by atoms with Crippen LogP contribution in [0, 0.1) is 5.92 Å². The number of morpholine rings is 1. The van der Waals surface area contributed by atoms with E-state index in [4.69, 9.17) is 4.74 Å². The van der Waals surface area contributed by atoms with E-state index in [-0.39, 0.29) is 16.4 Å². The molecule has 2 aromatic rings. The lowest BCUT2D eigenvalue weighted by Gasteiger charge is -2.32. The summed E-state index contributed by atoms with van der Waals surface area (Å²) < 4.78 is 33.2. The molecule has 4 heterocycles. The minimum absolute atomic E-state index is 0.121. The molecule has 2 saturated heterocycles. The van der Waals surface area contributed by atoms with Gasteiger partial charge in [-0.1, -0.05) is 6.07 Å². The van der Waals surface area contributed by atoms with Crippen molar-refractivity contribution in [3.05, 3.63) is 52.6 Å². The first-order valence-electron chi connectivity index (χ1n) is 10.7. The minimum Gasteiger partial charge on any atom is -0.378 e. The second-order valence-corrected chi connectivity index (χ2v) is 9.95. The number of sulfonamides is 1. The molecule has 0 saturated carbocycles. The zero-order valence-electron chi connectivity index (χ0n) is 17.5. The molecule has 2 N–H and O–H groups in total. The van der Waals surface area contributed by atoms with Gasteiger partial charge >= 0.3 is 0 Å². The Hall–Kier alpha value is -2.27. The van der Waals surface area contributed by atoms with E-state index in [1.54, 1.807) is 28.7 Å². The van der Waals surface area contributed by atoms with Gasteiger partial charge in [-0.05, 0) is 43.0 Å². The van der Waals surface area contributed by atoms with Crippen molar-refractivity contribution >= 4 is 15.8 Å². The van der Waals surface area contributed by atoms with Crippen LogP contribution in [-0.4, -0.2) is 68.6 Å². The van der Waals surface area contributed by atoms with Gasteiger partial charge in [0.1, 0.15) is 10.7 Å². The average Bonchev–Trinajstić information content (AvgIpc) is 2.81. The van der Waals surface area contributed by atoms with Crippen LogP contribution in [0.25, 0.3) is 0 Å². The van der Waals surface area contributed by atoms with Crippen LogP contribution >= 0.6 is 0 Å². The van der Waals surface area contributed by atoms with Gasteiger partial charge < -0.3 is 19.9 Å². The number of pyridine rings is 2. The van der Waals surface area contributed by atoms with Crippen molar-refractivity contribution in [3.63, 3.8) is 0 Å². The van der Waals surface area contributed by atoms with Gasteiger partial charge in [0.25, 0.3) is 0 Å². The Morgan fingerprint density at radius 1 is 1.16 bits per heavy atom. The standard InChI is InChI=1S/C21H29N5O4S/c27-21-6-3-17(14-24-21)12-22-13-18-2-1-7-26(16-18)31(28,29)19-4-5-20(23-15-19)25-8-10-30-11-9-25/h3-6,14-15,18,22H,1-2,7-13,16H2,(H,24,27)/t18-/m1/s1. The van der Waals surface area contributed by atoms with Crippen molar-refractivity contribution in [2.75, 3.05) is 50.8 Å². The van der Waals surface area contributed by atoms with Gasteiger partial charge in [-0.3, -0.25) is 4.79 Å². The number of piperidine rings is 1. The van der Waals surface area contributed by atoms with Gasteiger partial charge in [-0.2, -0.15) is 4.31 Å². The zero-order chi connectivity index (χ0) is 21.7. The molecule has 0 spiro atoms. The van der Waals surface area contributed by atoms with Crippen molar-refractivity contribution in [2.45, 2.75) is 24.3 Å². The normalized spacial score (nSPS) is 20.6. The minimum atomic E-state index is -3.56. The summed E-state index contributed by atoms with van der Waals surface area (Å²) in [5, 5.41) is 3.37. The summed E-state index contributed by atoms with van der Waals surface area (Å²) in [6, 6.07) is 6.73. The van der Waals surface area contributed by atoms with Gasteiger partial charge in [-0.15, -0.1) is 0 Å². The van der Waals surface area contributed by atoms with Crippen molar-refractivity contribution < 1.29 is 13.2 Å². The topological polar surface area (TPSA) is 108 Å². The maximum absolute atomic E-state index is 13.1. The third-order valence-corrected chi connectivity index (χ3v) is 7.63. The number of hydrogen-bond acceptors (Lipinski definition) is 7. The first-order valence-corrected chi connectivity index (χ1v) is 12.1. The highest BCUT2D eigenvalue weighted by Crippen LogP contribution is 2.24. The summed E-state index contributed by atoms with van der Waals surface area (Å²) >= 11 is 0. The number of rotatable bonds is 7. The fourth-order valence-corrected chi connectivity index (χ4v) is 5.54. The summed E-state index contributed by atoms with van der Waals surface area (Å²) in [6.45, 7) is 5.22. The lowest BCUT2D eigenvalue weighted by atomic mass is 10.00. The number of nitrogens with one attached hydrogen (secondary N) is 2. The molecule has 0 aromatic carbocycles. The Morgan fingerprint density at radius 3 is 2.71 bits per heavy atom. The number of aromatic nitrogens is 2. The number of ether oxygens (including phenoxy) is 1. The predicted molar refractivity (Wildman–Crippen MR) is 118 cm³/mol. The molecule has 0 bridgehead atoms. The molecule has 168 valence electrons. The molecule has 4 rings (SSSR count). The molecule has 1 atom stereocenters. The Labute approximate surface area is 182 Å². The maximum atomic E-state index is 13.1. The molecule has 2 aliphatic heterocycles. The monoisotopic (exact) mass is 447 g/mol. The fourth-order valence-electron chi connectivity index (χ4n) is 4.04. The third-order valence-electron chi connectivity index (χ3n) is 5.79. The van der Waals surface area contributed by atoms with Crippen LogP contribution in [0.3, 0.4) is 0 Å². The van der Waals surface area contributed by atoms with Crippen LogP contribution in [0.1, 0.15) is 18.4 Å². The van der Waals surface area contributed by atoms with Gasteiger partial charge in [0, 0.05) is 51.2 Å². The highest BCUT2D eigenvalue weighted by atomic mass is 32.2. The van der Waals surface area contributed by atoms with E-state index in [0.717, 1.165) is 43.9 Å². The quantitative estimate of drug-likeness (QED) is 0.646. The number of nitrogens with zero attached hydrogens (tertiary/aromatic N) is 3. The Kier molecular flexibility index (Phi) is 7.01. The molecule has 10 heteroatoms. The molecule has 2 aliphatic rings. The summed E-state index contributed by atoms with van der Waals surface area (Å²) in [5.74, 6) is 1.03. The molecule has 0 radical (unpaired) electrons. The Bertz CT molecular complexity index is 998. The fraction of sp³-hybridized carbons (Fsp3) is 0.524. The summed E-state index contributed by atoms with van der Waals surface area (Å²) in [4.78, 5) is 20.5. The summed E-state index contributed by atoms with van der Waals surface area (Å²) in [6.07, 6.45) is 4.99. The maximum Gasteiger partial charge on any atom is 0.247 e. The molecule has 0 amide bonds. The van der Waals surface area contributed by atoms with Gasteiger partial charge in [0.05, 0.1) is 13.2 Å². The van der Waals surface area contributed by atoms with Crippen molar-refractivity contribution in [2.24, 2.45) is 5.92 Å². The van der Waals surface area contributed by atoms with Crippen molar-refractivity contribution in [1.82, 2.24) is 19.6 Å². The molecule has 31 heavy (non-hydrogen) atoms. The van der Waals surface area contributed by atoms with Crippen LogP contribution in [0.5, 0.6) is 0 Å². The van der Waals surface area contributed by atoms with E-state index >= 15 is 0 Å². The van der Waals surface area contributed by atoms with Crippen LogP contribution in [0.2, 0.25) is 0 Å². The highest BCUT2D eigenvalue weighted by molar-refractivity contribution is 7.89. The lowest BCUT2D eigenvalue weighted by Crippen LogP contribution is -2.42. The van der Waals surface area contributed by atoms with Gasteiger partial charge in [-0.25, -0.2) is 13.4 Å². The van der Waals surface area contributed by atoms with Crippen molar-refractivity contribution in [1.29, 1.82) is 0 Å². The first-order chi connectivity index (χ1) is 15.0. The van der Waals surface area contributed by atoms with Crippen LogP contribution < -0.4 is 15.8 Å². The molecule has 2 fully saturated rings. The third kappa shape index (κ3) is 5.51. The molecule has 0 unspecified atom stereocenters. The molecule has 2 aromatic heterocycles. The van der Waals surface area contributed by atoms with E-state index in [2.05, 4.69) is 20.2 Å². The Balaban J connectivity index is 1.34. The SMILES string of the molecule is O=c1ccc(CNC[C@H]2CCCN(S(=O)(=O)c3ccc(N4CCOCC4)nc3)C2)c[nH]1. The lowest BCUT2D eigenvalue weighted by molar-refractivity contribution is 0.122. The largest absolute Gasteiger partial charge is 0.378 e. The second-order valence-electron chi connectivity index (χ2n) is 8.01. The van der Waals surface area contributed by atoms with E-state index in [0.29, 0.717) is 32.8 Å².